The summed E-state index contributed by atoms with van der Waals surface area (Å²) in [6, 6.07) is 0.754. The van der Waals surface area contributed by atoms with Crippen molar-refractivity contribution in [3.05, 3.63) is 0 Å². The number of aliphatic imine (C=N–C) groups is 1. The fourth-order valence-corrected chi connectivity index (χ4v) is 2.34. The minimum atomic E-state index is 0. The lowest BCUT2D eigenvalue weighted by Gasteiger charge is -2.20. The van der Waals surface area contributed by atoms with E-state index in [0.717, 1.165) is 25.3 Å². The van der Waals surface area contributed by atoms with Crippen LogP contribution in [-0.4, -0.2) is 37.0 Å². The second-order valence-electron chi connectivity index (χ2n) is 6.24. The van der Waals surface area contributed by atoms with Crippen molar-refractivity contribution in [1.82, 2.24) is 16.0 Å². The third-order valence-electron chi connectivity index (χ3n) is 4.04. The lowest BCUT2D eigenvalue weighted by Crippen LogP contribution is -2.44. The topological polar surface area (TPSA) is 65.5 Å². The van der Waals surface area contributed by atoms with E-state index in [1.807, 2.05) is 6.92 Å². The molecule has 1 unspecified atom stereocenters. The molecule has 0 saturated heterocycles. The van der Waals surface area contributed by atoms with Crippen LogP contribution in [0.25, 0.3) is 0 Å². The molecule has 1 fully saturated rings. The number of nitrogens with zero attached hydrogens (tertiary/aromatic N) is 1. The molecular formula is C16H33IN4O. The molecule has 0 aliphatic heterocycles. The Morgan fingerprint density at radius 2 is 1.86 bits per heavy atom. The smallest absolute Gasteiger partial charge is 0.222 e. The normalized spacial score (nSPS) is 17.0. The van der Waals surface area contributed by atoms with Gasteiger partial charge in [0.05, 0.1) is 6.54 Å². The lowest BCUT2D eigenvalue weighted by atomic mass is 10.1. The van der Waals surface area contributed by atoms with E-state index in [9.17, 15) is 4.79 Å². The number of halogens is 1. The molecule has 3 N–H and O–H groups in total. The average Bonchev–Trinajstić information content (AvgIpc) is 2.91. The average molecular weight is 424 g/mol. The highest BCUT2D eigenvalue weighted by atomic mass is 127. The van der Waals surface area contributed by atoms with E-state index in [4.69, 9.17) is 0 Å². The number of amides is 1. The fourth-order valence-electron chi connectivity index (χ4n) is 2.34. The molecule has 0 aromatic heterocycles. The second-order valence-corrected chi connectivity index (χ2v) is 6.24. The SMILES string of the molecule is CCNC(=NCCC(=O)NC1CCCC1)NC(C)C(C)C.I. The Hall–Kier alpha value is -0.530. The summed E-state index contributed by atoms with van der Waals surface area (Å²) in [7, 11) is 0. The van der Waals surface area contributed by atoms with Gasteiger partial charge < -0.3 is 16.0 Å². The molecule has 22 heavy (non-hydrogen) atoms. The zero-order valence-electron chi connectivity index (χ0n) is 14.4. The van der Waals surface area contributed by atoms with Gasteiger partial charge in [-0.2, -0.15) is 0 Å². The molecule has 1 atom stereocenters. The van der Waals surface area contributed by atoms with E-state index >= 15 is 0 Å². The standard InChI is InChI=1S/C16H32N4O.HI/c1-5-17-16(19-13(4)12(2)3)18-11-10-15(21)20-14-8-6-7-9-14;/h12-14H,5-11H2,1-4H3,(H,20,21)(H2,17,18,19);1H. The van der Waals surface area contributed by atoms with Gasteiger partial charge >= 0.3 is 0 Å². The summed E-state index contributed by atoms with van der Waals surface area (Å²) < 4.78 is 0. The quantitative estimate of drug-likeness (QED) is 0.335. The van der Waals surface area contributed by atoms with Gasteiger partial charge in [-0.3, -0.25) is 9.79 Å². The summed E-state index contributed by atoms with van der Waals surface area (Å²) in [5, 5.41) is 9.69. The predicted octanol–water partition coefficient (Wildman–Crippen LogP) is 2.65. The van der Waals surface area contributed by atoms with Crippen molar-refractivity contribution in [3.8, 4) is 0 Å². The van der Waals surface area contributed by atoms with Crippen LogP contribution in [0.1, 0.15) is 59.8 Å². The molecule has 0 heterocycles. The van der Waals surface area contributed by atoms with Gasteiger partial charge in [0, 0.05) is 25.0 Å². The molecule has 5 nitrogen and oxygen atoms in total. The molecule has 0 bridgehead atoms. The van der Waals surface area contributed by atoms with Gasteiger partial charge in [-0.1, -0.05) is 26.7 Å². The minimum Gasteiger partial charge on any atom is -0.357 e. The highest BCUT2D eigenvalue weighted by Crippen LogP contribution is 2.17. The van der Waals surface area contributed by atoms with Crippen molar-refractivity contribution >= 4 is 35.8 Å². The lowest BCUT2D eigenvalue weighted by molar-refractivity contribution is -0.121. The van der Waals surface area contributed by atoms with Crippen LogP contribution in [0.15, 0.2) is 4.99 Å². The number of nitrogens with one attached hydrogen (secondary N) is 3. The number of carbonyl (C=O) groups excluding carboxylic acids is 1. The Kier molecular flexibility index (Phi) is 11.7. The van der Waals surface area contributed by atoms with Gasteiger partial charge in [0.25, 0.3) is 0 Å². The summed E-state index contributed by atoms with van der Waals surface area (Å²) in [6.45, 7) is 9.89. The Morgan fingerprint density at radius 3 is 2.41 bits per heavy atom. The Bertz CT molecular complexity index is 341. The van der Waals surface area contributed by atoms with Gasteiger partial charge in [-0.15, -0.1) is 24.0 Å². The number of guanidine groups is 1. The van der Waals surface area contributed by atoms with Gasteiger partial charge in [0.1, 0.15) is 0 Å². The van der Waals surface area contributed by atoms with Crippen LogP contribution in [0.2, 0.25) is 0 Å². The van der Waals surface area contributed by atoms with Crippen LogP contribution in [0.5, 0.6) is 0 Å². The van der Waals surface area contributed by atoms with Crippen LogP contribution in [-0.2, 0) is 4.79 Å². The Labute approximate surface area is 152 Å². The van der Waals surface area contributed by atoms with Gasteiger partial charge in [-0.05, 0) is 32.6 Å². The predicted molar refractivity (Wildman–Crippen MR) is 104 cm³/mol. The van der Waals surface area contributed by atoms with Crippen molar-refractivity contribution in [1.29, 1.82) is 0 Å². The van der Waals surface area contributed by atoms with Gasteiger partial charge in [0.15, 0.2) is 5.96 Å². The first kappa shape index (κ1) is 21.5. The first-order chi connectivity index (χ1) is 10.0. The molecule has 130 valence electrons. The van der Waals surface area contributed by atoms with E-state index in [1.165, 1.54) is 12.8 Å². The van der Waals surface area contributed by atoms with Crippen molar-refractivity contribution < 1.29 is 4.79 Å². The Balaban J connectivity index is 0.00000441. The van der Waals surface area contributed by atoms with E-state index in [1.54, 1.807) is 0 Å². The second kappa shape index (κ2) is 12.0. The third kappa shape index (κ3) is 8.80. The molecule has 1 rings (SSSR count). The summed E-state index contributed by atoms with van der Waals surface area (Å²) >= 11 is 0. The summed E-state index contributed by atoms with van der Waals surface area (Å²) in [5.41, 5.74) is 0. The molecule has 0 radical (unpaired) electrons. The molecule has 1 saturated carbocycles. The molecular weight excluding hydrogens is 391 g/mol. The van der Waals surface area contributed by atoms with Crippen molar-refractivity contribution in [3.63, 3.8) is 0 Å². The maximum absolute atomic E-state index is 11.8. The highest BCUT2D eigenvalue weighted by molar-refractivity contribution is 14.0. The van der Waals surface area contributed by atoms with Gasteiger partial charge in [-0.25, -0.2) is 0 Å². The van der Waals surface area contributed by atoms with E-state index in [2.05, 4.69) is 41.7 Å². The van der Waals surface area contributed by atoms with E-state index < -0.39 is 0 Å². The van der Waals surface area contributed by atoms with Crippen LogP contribution in [0, 0.1) is 5.92 Å². The fraction of sp³-hybridized carbons (Fsp3) is 0.875. The van der Waals surface area contributed by atoms with Crippen LogP contribution < -0.4 is 16.0 Å². The maximum atomic E-state index is 11.8. The zero-order chi connectivity index (χ0) is 15.7. The number of carbonyl (C=O) groups is 1. The summed E-state index contributed by atoms with van der Waals surface area (Å²) in [5.74, 6) is 1.46. The maximum Gasteiger partial charge on any atom is 0.222 e. The minimum absolute atomic E-state index is 0. The van der Waals surface area contributed by atoms with Crippen molar-refractivity contribution in [2.75, 3.05) is 13.1 Å². The van der Waals surface area contributed by atoms with Crippen LogP contribution in [0.3, 0.4) is 0 Å². The molecule has 0 aromatic carbocycles. The molecule has 1 aliphatic rings. The van der Waals surface area contributed by atoms with E-state index in [0.29, 0.717) is 31.0 Å². The first-order valence-electron chi connectivity index (χ1n) is 8.37. The summed E-state index contributed by atoms with van der Waals surface area (Å²) in [6.07, 6.45) is 5.20. The third-order valence-corrected chi connectivity index (χ3v) is 4.04. The molecule has 0 spiro atoms. The van der Waals surface area contributed by atoms with Crippen LogP contribution in [0.4, 0.5) is 0 Å². The number of hydrogen-bond acceptors (Lipinski definition) is 2. The zero-order valence-corrected chi connectivity index (χ0v) is 16.8. The molecule has 0 aromatic rings. The first-order valence-corrected chi connectivity index (χ1v) is 8.37. The largest absolute Gasteiger partial charge is 0.357 e. The Morgan fingerprint density at radius 1 is 1.23 bits per heavy atom. The van der Waals surface area contributed by atoms with Crippen molar-refractivity contribution in [2.45, 2.75) is 71.9 Å². The number of hydrogen-bond donors (Lipinski definition) is 3. The van der Waals surface area contributed by atoms with Gasteiger partial charge in [0.2, 0.25) is 5.91 Å². The summed E-state index contributed by atoms with van der Waals surface area (Å²) in [4.78, 5) is 16.3. The highest BCUT2D eigenvalue weighted by Gasteiger charge is 2.16. The van der Waals surface area contributed by atoms with Crippen LogP contribution >= 0.6 is 24.0 Å². The monoisotopic (exact) mass is 424 g/mol. The van der Waals surface area contributed by atoms with Crippen molar-refractivity contribution in [2.24, 2.45) is 10.9 Å². The molecule has 1 aliphatic carbocycles. The molecule has 6 heteroatoms. The molecule has 1 amide bonds. The van der Waals surface area contributed by atoms with E-state index in [-0.39, 0.29) is 29.9 Å². The number of rotatable bonds is 7.